The molecule has 1 aliphatic rings. The van der Waals surface area contributed by atoms with Gasteiger partial charge in [0, 0.05) is 29.1 Å². The fourth-order valence-electron chi connectivity index (χ4n) is 3.76. The molecule has 0 radical (unpaired) electrons. The van der Waals surface area contributed by atoms with E-state index in [0.29, 0.717) is 11.6 Å². The molecule has 0 bridgehead atoms. The Kier molecular flexibility index (Phi) is 3.77. The number of amides is 1. The number of pyridine rings is 1. The number of nitrogens with zero attached hydrogens (tertiary/aromatic N) is 2. The van der Waals surface area contributed by atoms with E-state index in [2.05, 4.69) is 29.4 Å². The Balaban J connectivity index is 1.78. The van der Waals surface area contributed by atoms with Crippen LogP contribution in [-0.4, -0.2) is 10.9 Å². The van der Waals surface area contributed by atoms with Crippen LogP contribution in [0, 0.1) is 11.1 Å². The minimum Gasteiger partial charge on any atom is -0.619 e. The van der Waals surface area contributed by atoms with Crippen molar-refractivity contribution in [1.29, 1.82) is 0 Å². The zero-order valence-corrected chi connectivity index (χ0v) is 14.5. The molecule has 0 saturated carbocycles. The highest BCUT2D eigenvalue weighted by Crippen LogP contribution is 2.48. The van der Waals surface area contributed by atoms with Gasteiger partial charge in [-0.15, -0.1) is 11.3 Å². The summed E-state index contributed by atoms with van der Waals surface area (Å²) in [6.07, 6.45) is 5.30. The minimum atomic E-state index is -0.494. The van der Waals surface area contributed by atoms with Gasteiger partial charge in [0.2, 0.25) is 5.91 Å². The fourth-order valence-corrected chi connectivity index (χ4v) is 4.30. The normalized spacial score (nSPS) is 21.7. The van der Waals surface area contributed by atoms with Gasteiger partial charge in [0.1, 0.15) is 0 Å². The molecule has 6 heteroatoms. The van der Waals surface area contributed by atoms with E-state index in [-0.39, 0.29) is 11.8 Å². The summed E-state index contributed by atoms with van der Waals surface area (Å²) in [6.45, 7) is 2.08. The van der Waals surface area contributed by atoms with E-state index in [1.165, 1.54) is 29.3 Å². The summed E-state index contributed by atoms with van der Waals surface area (Å²) in [5, 5.41) is 16.8. The van der Waals surface area contributed by atoms with Gasteiger partial charge in [-0.25, -0.2) is 4.98 Å². The largest absolute Gasteiger partial charge is 0.619 e. The molecule has 1 N–H and O–H groups in total. The Morgan fingerprint density at radius 2 is 2.08 bits per heavy atom. The standard InChI is InChI=1S/C19H17N3O2S/c1-19(14-6-9-22(24)10-7-14)15-5-3-2-4-13(15)12-16(19)17(23)21-18-20-8-11-25-18/h2-11,16H,12H2,1H3,(H,20,21,23)/t16-,19+/m0/s1. The van der Waals surface area contributed by atoms with E-state index in [1.54, 1.807) is 18.3 Å². The first-order valence-electron chi connectivity index (χ1n) is 8.07. The smallest absolute Gasteiger partial charge is 0.230 e. The number of anilines is 1. The van der Waals surface area contributed by atoms with Gasteiger partial charge in [-0.05, 0) is 23.1 Å². The summed E-state index contributed by atoms with van der Waals surface area (Å²) in [6, 6.07) is 11.7. The highest BCUT2D eigenvalue weighted by Gasteiger charge is 2.48. The van der Waals surface area contributed by atoms with Crippen LogP contribution in [0.25, 0.3) is 0 Å². The molecule has 25 heavy (non-hydrogen) atoms. The lowest BCUT2D eigenvalue weighted by atomic mass is 9.71. The molecule has 0 saturated heterocycles. The second kappa shape index (κ2) is 5.97. The first-order valence-corrected chi connectivity index (χ1v) is 8.95. The van der Waals surface area contributed by atoms with Crippen LogP contribution in [0.1, 0.15) is 23.6 Å². The summed E-state index contributed by atoms with van der Waals surface area (Å²) >= 11 is 1.40. The van der Waals surface area contributed by atoms with E-state index in [4.69, 9.17) is 0 Å². The van der Waals surface area contributed by atoms with Gasteiger partial charge in [-0.2, -0.15) is 4.73 Å². The van der Waals surface area contributed by atoms with E-state index in [1.807, 2.05) is 17.5 Å². The summed E-state index contributed by atoms with van der Waals surface area (Å²) in [7, 11) is 0. The van der Waals surface area contributed by atoms with Crippen LogP contribution in [0.3, 0.4) is 0 Å². The Morgan fingerprint density at radius 1 is 1.32 bits per heavy atom. The Bertz CT molecular complexity index is 909. The molecule has 4 rings (SSSR count). The molecule has 0 aliphatic heterocycles. The molecule has 0 fully saturated rings. The summed E-state index contributed by atoms with van der Waals surface area (Å²) in [5.41, 5.74) is 2.77. The van der Waals surface area contributed by atoms with Crippen molar-refractivity contribution in [3.8, 4) is 0 Å². The van der Waals surface area contributed by atoms with Gasteiger partial charge < -0.3 is 10.5 Å². The van der Waals surface area contributed by atoms with Gasteiger partial charge in [0.25, 0.3) is 0 Å². The van der Waals surface area contributed by atoms with Gasteiger partial charge in [-0.3, -0.25) is 4.79 Å². The number of benzene rings is 1. The first-order chi connectivity index (χ1) is 12.1. The lowest BCUT2D eigenvalue weighted by Gasteiger charge is -2.32. The van der Waals surface area contributed by atoms with E-state index in [9.17, 15) is 10.0 Å². The average molecular weight is 351 g/mol. The van der Waals surface area contributed by atoms with Crippen molar-refractivity contribution in [3.05, 3.63) is 82.3 Å². The van der Waals surface area contributed by atoms with Crippen molar-refractivity contribution in [3.63, 3.8) is 0 Å². The van der Waals surface area contributed by atoms with Crippen LogP contribution in [0.5, 0.6) is 0 Å². The third kappa shape index (κ3) is 2.59. The quantitative estimate of drug-likeness (QED) is 0.583. The number of fused-ring (bicyclic) bond motifs is 1. The van der Waals surface area contributed by atoms with Crippen LogP contribution in [0.2, 0.25) is 0 Å². The molecule has 1 amide bonds. The number of thiazole rings is 1. The van der Waals surface area contributed by atoms with Crippen molar-refractivity contribution in [1.82, 2.24) is 4.98 Å². The van der Waals surface area contributed by atoms with Crippen molar-refractivity contribution in [2.24, 2.45) is 5.92 Å². The summed E-state index contributed by atoms with van der Waals surface area (Å²) in [5.74, 6) is -0.316. The van der Waals surface area contributed by atoms with Crippen LogP contribution in [0.15, 0.2) is 60.4 Å². The molecule has 126 valence electrons. The molecule has 3 aromatic rings. The van der Waals surface area contributed by atoms with E-state index < -0.39 is 5.41 Å². The van der Waals surface area contributed by atoms with Crippen molar-refractivity contribution < 1.29 is 9.52 Å². The van der Waals surface area contributed by atoms with Crippen molar-refractivity contribution in [2.45, 2.75) is 18.8 Å². The van der Waals surface area contributed by atoms with Crippen molar-refractivity contribution in [2.75, 3.05) is 5.32 Å². The number of hydrogen-bond donors (Lipinski definition) is 1. The van der Waals surface area contributed by atoms with Crippen molar-refractivity contribution >= 4 is 22.4 Å². The van der Waals surface area contributed by atoms with Gasteiger partial charge in [-0.1, -0.05) is 31.2 Å². The Morgan fingerprint density at radius 3 is 2.80 bits per heavy atom. The Labute approximate surface area is 149 Å². The zero-order valence-electron chi connectivity index (χ0n) is 13.7. The third-order valence-corrected chi connectivity index (χ3v) is 5.77. The Hall–Kier alpha value is -2.73. The zero-order chi connectivity index (χ0) is 17.4. The third-order valence-electron chi connectivity index (χ3n) is 5.08. The SMILES string of the molecule is C[C@@]1(c2cc[n+]([O-])cc2)c2ccccc2C[C@H]1C(=O)Nc1nccs1. The maximum Gasteiger partial charge on any atom is 0.230 e. The van der Waals surface area contributed by atoms with Crippen LogP contribution in [0.4, 0.5) is 5.13 Å². The molecular formula is C19H17N3O2S. The lowest BCUT2D eigenvalue weighted by molar-refractivity contribution is -0.605. The number of nitrogens with one attached hydrogen (secondary N) is 1. The second-order valence-corrected chi connectivity index (χ2v) is 7.28. The molecule has 1 aromatic carbocycles. The number of carbonyl (C=O) groups excluding carboxylic acids is 1. The summed E-state index contributed by atoms with van der Waals surface area (Å²) < 4.78 is 0.762. The highest BCUT2D eigenvalue weighted by molar-refractivity contribution is 7.13. The topological polar surface area (TPSA) is 68.9 Å². The summed E-state index contributed by atoms with van der Waals surface area (Å²) in [4.78, 5) is 17.2. The number of aromatic nitrogens is 2. The highest BCUT2D eigenvalue weighted by atomic mass is 32.1. The van der Waals surface area contributed by atoms with E-state index in [0.717, 1.165) is 15.9 Å². The number of carbonyl (C=O) groups is 1. The monoisotopic (exact) mass is 351 g/mol. The molecular weight excluding hydrogens is 334 g/mol. The average Bonchev–Trinajstić information content (AvgIpc) is 3.23. The maximum absolute atomic E-state index is 13.0. The lowest BCUT2D eigenvalue weighted by Crippen LogP contribution is -2.39. The minimum absolute atomic E-state index is 0.0486. The van der Waals surface area contributed by atoms with Crippen LogP contribution in [-0.2, 0) is 16.6 Å². The molecule has 0 unspecified atom stereocenters. The predicted molar refractivity (Wildman–Crippen MR) is 96.2 cm³/mol. The van der Waals surface area contributed by atoms with Crippen LogP contribution < -0.4 is 10.0 Å². The van der Waals surface area contributed by atoms with Gasteiger partial charge >= 0.3 is 0 Å². The second-order valence-electron chi connectivity index (χ2n) is 6.39. The molecule has 1 aliphatic carbocycles. The van der Waals surface area contributed by atoms with E-state index >= 15 is 0 Å². The fraction of sp³-hybridized carbons (Fsp3) is 0.211. The molecule has 2 atom stereocenters. The van der Waals surface area contributed by atoms with Gasteiger partial charge in [0.15, 0.2) is 17.5 Å². The van der Waals surface area contributed by atoms with Gasteiger partial charge in [0.05, 0.1) is 5.92 Å². The first kappa shape index (κ1) is 15.8. The number of hydrogen-bond acceptors (Lipinski definition) is 4. The number of rotatable bonds is 3. The molecule has 2 heterocycles. The maximum atomic E-state index is 13.0. The molecule has 2 aromatic heterocycles. The molecule has 5 nitrogen and oxygen atoms in total. The van der Waals surface area contributed by atoms with Crippen LogP contribution >= 0.6 is 11.3 Å². The molecule has 0 spiro atoms. The predicted octanol–water partition coefficient (Wildman–Crippen LogP) is 2.89.